The number of benzene rings is 2. The molecule has 0 aliphatic carbocycles. The number of aliphatic hydroxyl groups is 1. The Labute approximate surface area is 206 Å². The van der Waals surface area contributed by atoms with Crippen LogP contribution in [0.4, 0.5) is 13.6 Å². The number of carbonyl (C=O) groups is 1. The van der Waals surface area contributed by atoms with E-state index in [4.69, 9.17) is 23.2 Å². The number of nitrogens with one attached hydrogen (secondary N) is 1. The van der Waals surface area contributed by atoms with Crippen molar-refractivity contribution in [3.8, 4) is 11.4 Å². The highest BCUT2D eigenvalue weighted by molar-refractivity contribution is 6.31. The quantitative estimate of drug-likeness (QED) is 0.363. The van der Waals surface area contributed by atoms with Crippen LogP contribution in [0.3, 0.4) is 0 Å². The monoisotopic (exact) mass is 523 g/mol. The molecular formula is C20H17Cl2F2N9O2. The van der Waals surface area contributed by atoms with Crippen molar-refractivity contribution >= 4 is 29.2 Å². The molecule has 0 aliphatic rings. The predicted molar refractivity (Wildman–Crippen MR) is 120 cm³/mol. The fourth-order valence-electron chi connectivity index (χ4n) is 3.15. The predicted octanol–water partition coefficient (Wildman–Crippen LogP) is 2.53. The first-order valence-electron chi connectivity index (χ1n) is 10.1. The van der Waals surface area contributed by atoms with Crippen LogP contribution in [0.25, 0.3) is 11.4 Å². The topological polar surface area (TPSA) is 127 Å². The van der Waals surface area contributed by atoms with Gasteiger partial charge >= 0.3 is 6.03 Å². The highest BCUT2D eigenvalue weighted by Gasteiger charge is 2.20. The van der Waals surface area contributed by atoms with Gasteiger partial charge in [0.05, 0.1) is 41.1 Å². The normalized spacial score (nSPS) is 11.0. The Hall–Kier alpha value is -3.68. The fourth-order valence-corrected chi connectivity index (χ4v) is 3.39. The first kappa shape index (κ1) is 24.4. The van der Waals surface area contributed by atoms with E-state index >= 15 is 0 Å². The van der Waals surface area contributed by atoms with Crippen LogP contribution in [0.2, 0.25) is 10.0 Å². The largest absolute Gasteiger partial charge is 0.395 e. The van der Waals surface area contributed by atoms with Gasteiger partial charge < -0.3 is 15.3 Å². The molecule has 0 aliphatic heterocycles. The van der Waals surface area contributed by atoms with E-state index in [0.29, 0.717) is 17.2 Å². The molecule has 4 rings (SSSR count). The third kappa shape index (κ3) is 5.53. The Bertz CT molecular complexity index is 1350. The Morgan fingerprint density at radius 3 is 2.31 bits per heavy atom. The second kappa shape index (κ2) is 10.7. The zero-order valence-electron chi connectivity index (χ0n) is 17.8. The Balaban J connectivity index is 1.48. The SMILES string of the molecule is O=C(NCc1ncnn1-c1ccc(Cl)c(F)c1)N(CCO)Cc1nnnn1-c1ccc(Cl)c(F)c1. The molecule has 0 spiro atoms. The zero-order chi connectivity index (χ0) is 24.9. The van der Waals surface area contributed by atoms with Crippen molar-refractivity contribution in [1.29, 1.82) is 0 Å². The van der Waals surface area contributed by atoms with Crippen molar-refractivity contribution < 1.29 is 18.7 Å². The molecule has 2 amide bonds. The minimum absolute atomic E-state index is 0.0351. The maximum Gasteiger partial charge on any atom is 0.318 e. The van der Waals surface area contributed by atoms with Gasteiger partial charge in [0.25, 0.3) is 0 Å². The number of amides is 2. The zero-order valence-corrected chi connectivity index (χ0v) is 19.3. The molecule has 0 saturated carbocycles. The van der Waals surface area contributed by atoms with Gasteiger partial charge in [0.15, 0.2) is 11.6 Å². The van der Waals surface area contributed by atoms with E-state index in [2.05, 4.69) is 30.9 Å². The summed E-state index contributed by atoms with van der Waals surface area (Å²) in [6, 6.07) is 7.61. The molecule has 35 heavy (non-hydrogen) atoms. The van der Waals surface area contributed by atoms with Gasteiger partial charge in [0.2, 0.25) is 0 Å². The molecule has 2 N–H and O–H groups in total. The molecule has 2 aromatic carbocycles. The fraction of sp³-hybridized carbons (Fsp3) is 0.200. The van der Waals surface area contributed by atoms with Crippen molar-refractivity contribution in [2.24, 2.45) is 0 Å². The van der Waals surface area contributed by atoms with Crippen LogP contribution in [0.15, 0.2) is 42.7 Å². The van der Waals surface area contributed by atoms with E-state index in [9.17, 15) is 18.7 Å². The number of hydrogen-bond donors (Lipinski definition) is 2. The molecule has 182 valence electrons. The van der Waals surface area contributed by atoms with Crippen LogP contribution < -0.4 is 5.32 Å². The van der Waals surface area contributed by atoms with Gasteiger partial charge in [-0.05, 0) is 34.7 Å². The number of aromatic nitrogens is 7. The summed E-state index contributed by atoms with van der Waals surface area (Å²) in [6.45, 7) is -0.523. The van der Waals surface area contributed by atoms with Gasteiger partial charge in [0.1, 0.15) is 18.0 Å². The third-order valence-electron chi connectivity index (χ3n) is 4.84. The standard InChI is InChI=1S/C20H17Cl2F2N9O2/c21-14-3-1-12(7-16(14)23)32-18(26-11-27-32)9-25-20(35)31(5-6-34)10-19-28-29-30-33(19)13-2-4-15(22)17(24)8-13/h1-4,7-8,11,34H,5-6,9-10H2,(H,25,35). The molecule has 0 unspecified atom stereocenters. The molecule has 0 radical (unpaired) electrons. The number of halogens is 4. The van der Waals surface area contributed by atoms with Gasteiger partial charge in [-0.1, -0.05) is 23.2 Å². The number of hydrogen-bond acceptors (Lipinski definition) is 7. The summed E-state index contributed by atoms with van der Waals surface area (Å²) in [7, 11) is 0. The number of nitrogens with zero attached hydrogens (tertiary/aromatic N) is 8. The summed E-state index contributed by atoms with van der Waals surface area (Å²) in [6.07, 6.45) is 1.26. The van der Waals surface area contributed by atoms with Gasteiger partial charge in [-0.25, -0.2) is 23.2 Å². The molecule has 2 heterocycles. The molecule has 0 fully saturated rings. The molecule has 4 aromatic rings. The Morgan fingerprint density at radius 2 is 1.69 bits per heavy atom. The average molecular weight is 524 g/mol. The maximum atomic E-state index is 13.9. The highest BCUT2D eigenvalue weighted by Crippen LogP contribution is 2.20. The van der Waals surface area contributed by atoms with Crippen LogP contribution >= 0.6 is 23.2 Å². The van der Waals surface area contributed by atoms with Crippen LogP contribution in [0, 0.1) is 11.6 Å². The van der Waals surface area contributed by atoms with E-state index in [1.807, 2.05) is 0 Å². The Kier molecular flexibility index (Phi) is 7.48. The van der Waals surface area contributed by atoms with Gasteiger partial charge in [-0.15, -0.1) is 5.10 Å². The molecule has 15 heteroatoms. The van der Waals surface area contributed by atoms with Crippen molar-refractivity contribution in [2.75, 3.05) is 13.2 Å². The first-order valence-corrected chi connectivity index (χ1v) is 10.8. The number of tetrazole rings is 1. The molecule has 0 saturated heterocycles. The van der Waals surface area contributed by atoms with Crippen molar-refractivity contribution in [1.82, 2.24) is 45.2 Å². The highest BCUT2D eigenvalue weighted by atomic mass is 35.5. The summed E-state index contributed by atoms with van der Waals surface area (Å²) in [5, 5.41) is 27.4. The van der Waals surface area contributed by atoms with Crippen molar-refractivity contribution in [3.63, 3.8) is 0 Å². The summed E-state index contributed by atoms with van der Waals surface area (Å²) >= 11 is 11.5. The smallest absolute Gasteiger partial charge is 0.318 e. The van der Waals surface area contributed by atoms with E-state index in [-0.39, 0.29) is 42.1 Å². The number of rotatable bonds is 8. The molecule has 2 aromatic heterocycles. The average Bonchev–Trinajstić information content (AvgIpc) is 3.50. The van der Waals surface area contributed by atoms with Gasteiger partial charge in [-0.2, -0.15) is 9.78 Å². The second-order valence-electron chi connectivity index (χ2n) is 7.10. The van der Waals surface area contributed by atoms with Crippen molar-refractivity contribution in [3.05, 3.63) is 76.1 Å². The lowest BCUT2D eigenvalue weighted by Crippen LogP contribution is -2.41. The minimum Gasteiger partial charge on any atom is -0.395 e. The van der Waals surface area contributed by atoms with Crippen LogP contribution in [0.1, 0.15) is 11.6 Å². The Morgan fingerprint density at radius 1 is 1.03 bits per heavy atom. The molecule has 11 nitrogen and oxygen atoms in total. The van der Waals surface area contributed by atoms with E-state index < -0.39 is 17.7 Å². The molecule has 0 bridgehead atoms. The van der Waals surface area contributed by atoms with Crippen LogP contribution in [-0.2, 0) is 13.1 Å². The summed E-state index contributed by atoms with van der Waals surface area (Å²) in [5.74, 6) is -0.733. The third-order valence-corrected chi connectivity index (χ3v) is 5.45. The maximum absolute atomic E-state index is 13.9. The van der Waals surface area contributed by atoms with E-state index in [1.165, 1.54) is 44.9 Å². The van der Waals surface area contributed by atoms with Gasteiger partial charge in [-0.3, -0.25) is 0 Å². The number of carbonyl (C=O) groups excluding carboxylic acids is 1. The molecule has 0 atom stereocenters. The van der Waals surface area contributed by atoms with E-state index in [1.54, 1.807) is 6.07 Å². The number of urea groups is 1. The lowest BCUT2D eigenvalue weighted by molar-refractivity contribution is 0.171. The molecular weight excluding hydrogens is 507 g/mol. The summed E-state index contributed by atoms with van der Waals surface area (Å²) in [5.41, 5.74) is 0.676. The lowest BCUT2D eigenvalue weighted by atomic mass is 10.3. The second-order valence-corrected chi connectivity index (χ2v) is 7.91. The first-order chi connectivity index (χ1) is 16.9. The minimum atomic E-state index is -0.653. The van der Waals surface area contributed by atoms with Crippen LogP contribution in [0.5, 0.6) is 0 Å². The van der Waals surface area contributed by atoms with Gasteiger partial charge in [0, 0.05) is 18.7 Å². The van der Waals surface area contributed by atoms with Crippen LogP contribution in [-0.4, -0.2) is 64.2 Å². The summed E-state index contributed by atoms with van der Waals surface area (Å²) < 4.78 is 30.3. The summed E-state index contributed by atoms with van der Waals surface area (Å²) in [4.78, 5) is 18.2. The van der Waals surface area contributed by atoms with Crippen molar-refractivity contribution in [2.45, 2.75) is 13.1 Å². The van der Waals surface area contributed by atoms with E-state index in [0.717, 1.165) is 6.07 Å². The number of aliphatic hydroxyl groups excluding tert-OH is 1. The lowest BCUT2D eigenvalue weighted by Gasteiger charge is -2.21.